The molecule has 1 fully saturated rings. The number of hydrogen-bond donors (Lipinski definition) is 2. The summed E-state index contributed by atoms with van der Waals surface area (Å²) < 4.78 is 31.8. The number of carboxylic acids is 1. The van der Waals surface area contributed by atoms with E-state index in [9.17, 15) is 18.0 Å². The molecule has 23 heavy (non-hydrogen) atoms. The number of rotatable bonds is 6. The SMILES string of the molecule is COc1ccc(C(=O)NCC(=O)O)cc1S(=O)(=O)N1CCCC1. The van der Waals surface area contributed by atoms with Crippen LogP contribution < -0.4 is 10.1 Å². The lowest BCUT2D eigenvalue weighted by Crippen LogP contribution is -2.30. The highest BCUT2D eigenvalue weighted by molar-refractivity contribution is 7.89. The summed E-state index contributed by atoms with van der Waals surface area (Å²) in [5, 5.41) is 10.8. The first-order valence-corrected chi connectivity index (χ1v) is 8.48. The summed E-state index contributed by atoms with van der Waals surface area (Å²) in [5.41, 5.74) is 0.0600. The van der Waals surface area contributed by atoms with Crippen LogP contribution in [0, 0.1) is 0 Å². The number of benzene rings is 1. The van der Waals surface area contributed by atoms with Crippen molar-refractivity contribution in [2.24, 2.45) is 0 Å². The fourth-order valence-corrected chi connectivity index (χ4v) is 4.04. The van der Waals surface area contributed by atoms with Gasteiger partial charge in [0.2, 0.25) is 10.0 Å². The molecule has 0 bridgehead atoms. The Labute approximate surface area is 134 Å². The normalized spacial score (nSPS) is 15.3. The average Bonchev–Trinajstić information content (AvgIpc) is 3.07. The summed E-state index contributed by atoms with van der Waals surface area (Å²) in [4.78, 5) is 22.3. The van der Waals surface area contributed by atoms with E-state index < -0.39 is 28.4 Å². The van der Waals surface area contributed by atoms with E-state index in [1.54, 1.807) is 0 Å². The zero-order valence-electron chi connectivity index (χ0n) is 12.6. The van der Waals surface area contributed by atoms with Crippen molar-refractivity contribution in [2.75, 3.05) is 26.7 Å². The molecule has 2 rings (SSSR count). The van der Waals surface area contributed by atoms with Gasteiger partial charge >= 0.3 is 5.97 Å². The van der Waals surface area contributed by atoms with Crippen molar-refractivity contribution in [1.82, 2.24) is 9.62 Å². The van der Waals surface area contributed by atoms with Crippen LogP contribution in [0.3, 0.4) is 0 Å². The lowest BCUT2D eigenvalue weighted by atomic mass is 10.2. The van der Waals surface area contributed by atoms with Gasteiger partial charge in [-0.2, -0.15) is 4.31 Å². The van der Waals surface area contributed by atoms with E-state index in [0.717, 1.165) is 12.8 Å². The van der Waals surface area contributed by atoms with Gasteiger partial charge in [-0.25, -0.2) is 8.42 Å². The van der Waals surface area contributed by atoms with Crippen molar-refractivity contribution in [2.45, 2.75) is 17.7 Å². The number of aliphatic carboxylic acids is 1. The molecule has 126 valence electrons. The number of carbonyl (C=O) groups excluding carboxylic acids is 1. The number of carboxylic acid groups (broad SMARTS) is 1. The summed E-state index contributed by atoms with van der Waals surface area (Å²) in [5.74, 6) is -1.70. The number of nitrogens with zero attached hydrogens (tertiary/aromatic N) is 1. The van der Waals surface area contributed by atoms with E-state index in [4.69, 9.17) is 9.84 Å². The molecule has 9 heteroatoms. The molecular weight excluding hydrogens is 324 g/mol. The highest BCUT2D eigenvalue weighted by atomic mass is 32.2. The second-order valence-electron chi connectivity index (χ2n) is 5.05. The molecule has 1 heterocycles. The third-order valence-electron chi connectivity index (χ3n) is 3.51. The molecule has 0 saturated carbocycles. The van der Waals surface area contributed by atoms with E-state index in [0.29, 0.717) is 13.1 Å². The molecule has 0 atom stereocenters. The van der Waals surface area contributed by atoms with Crippen LogP contribution in [0.25, 0.3) is 0 Å². The second kappa shape index (κ2) is 6.97. The minimum absolute atomic E-state index is 0.0600. The molecule has 0 aromatic heterocycles. The maximum absolute atomic E-state index is 12.7. The largest absolute Gasteiger partial charge is 0.495 e. The summed E-state index contributed by atoms with van der Waals surface area (Å²) >= 11 is 0. The monoisotopic (exact) mass is 342 g/mol. The molecule has 0 aliphatic carbocycles. The summed E-state index contributed by atoms with van der Waals surface area (Å²) in [6.45, 7) is 0.320. The van der Waals surface area contributed by atoms with Crippen LogP contribution in [-0.4, -0.2) is 56.5 Å². The van der Waals surface area contributed by atoms with Gasteiger partial charge < -0.3 is 15.2 Å². The van der Waals surface area contributed by atoms with Crippen LogP contribution in [0.1, 0.15) is 23.2 Å². The summed E-state index contributed by atoms with van der Waals surface area (Å²) in [6, 6.07) is 3.99. The van der Waals surface area contributed by atoms with E-state index in [1.807, 2.05) is 0 Å². The number of hydrogen-bond acceptors (Lipinski definition) is 5. The van der Waals surface area contributed by atoms with Crippen molar-refractivity contribution < 1.29 is 27.9 Å². The predicted molar refractivity (Wildman–Crippen MR) is 81.0 cm³/mol. The van der Waals surface area contributed by atoms with Crippen molar-refractivity contribution in [3.8, 4) is 5.75 Å². The molecule has 1 aliphatic rings. The summed E-state index contributed by atoms with van der Waals surface area (Å²) in [7, 11) is -2.41. The fourth-order valence-electron chi connectivity index (χ4n) is 2.35. The fraction of sp³-hybridized carbons (Fsp3) is 0.429. The molecule has 0 radical (unpaired) electrons. The number of amides is 1. The van der Waals surface area contributed by atoms with E-state index in [-0.39, 0.29) is 16.2 Å². The minimum atomic E-state index is -3.76. The van der Waals surface area contributed by atoms with Gasteiger partial charge in [0.15, 0.2) is 0 Å². The van der Waals surface area contributed by atoms with Gasteiger partial charge in [0, 0.05) is 18.7 Å². The van der Waals surface area contributed by atoms with Gasteiger partial charge in [0.1, 0.15) is 17.2 Å². The predicted octanol–water partition coefficient (Wildman–Crippen LogP) is 0.294. The summed E-state index contributed by atoms with van der Waals surface area (Å²) in [6.07, 6.45) is 1.58. The zero-order valence-corrected chi connectivity index (χ0v) is 13.4. The number of sulfonamides is 1. The Morgan fingerprint density at radius 2 is 1.96 bits per heavy atom. The van der Waals surface area contributed by atoms with E-state index >= 15 is 0 Å². The molecule has 1 amide bonds. The minimum Gasteiger partial charge on any atom is -0.495 e. The van der Waals surface area contributed by atoms with Gasteiger partial charge in [0.25, 0.3) is 5.91 Å². The quantitative estimate of drug-likeness (QED) is 0.768. The van der Waals surface area contributed by atoms with Crippen molar-refractivity contribution >= 4 is 21.9 Å². The van der Waals surface area contributed by atoms with Crippen LogP contribution in [0.5, 0.6) is 5.75 Å². The third kappa shape index (κ3) is 3.80. The smallest absolute Gasteiger partial charge is 0.322 e. The van der Waals surface area contributed by atoms with Gasteiger partial charge in [0.05, 0.1) is 7.11 Å². The first-order chi connectivity index (χ1) is 10.9. The number of carbonyl (C=O) groups is 2. The topological polar surface area (TPSA) is 113 Å². The number of ether oxygens (including phenoxy) is 1. The van der Waals surface area contributed by atoms with E-state index in [2.05, 4.69) is 5.32 Å². The Kier molecular flexibility index (Phi) is 5.22. The number of nitrogens with one attached hydrogen (secondary N) is 1. The first-order valence-electron chi connectivity index (χ1n) is 7.04. The Balaban J connectivity index is 2.36. The molecule has 8 nitrogen and oxygen atoms in total. The Hall–Kier alpha value is -2.13. The highest BCUT2D eigenvalue weighted by Gasteiger charge is 2.30. The zero-order chi connectivity index (χ0) is 17.0. The van der Waals surface area contributed by atoms with Crippen molar-refractivity contribution in [1.29, 1.82) is 0 Å². The van der Waals surface area contributed by atoms with Crippen LogP contribution in [0.4, 0.5) is 0 Å². The number of methoxy groups -OCH3 is 1. The molecule has 0 spiro atoms. The Bertz CT molecular complexity index is 710. The van der Waals surface area contributed by atoms with E-state index in [1.165, 1.54) is 29.6 Å². The van der Waals surface area contributed by atoms with Crippen molar-refractivity contribution in [3.63, 3.8) is 0 Å². The van der Waals surface area contributed by atoms with Crippen LogP contribution in [0.2, 0.25) is 0 Å². The second-order valence-corrected chi connectivity index (χ2v) is 6.96. The molecule has 0 unspecified atom stereocenters. The third-order valence-corrected chi connectivity index (χ3v) is 5.43. The van der Waals surface area contributed by atoms with Crippen molar-refractivity contribution in [3.05, 3.63) is 23.8 Å². The van der Waals surface area contributed by atoms with Gasteiger partial charge in [-0.1, -0.05) is 0 Å². The molecular formula is C14H18N2O6S. The molecule has 1 aromatic carbocycles. The lowest BCUT2D eigenvalue weighted by Gasteiger charge is -2.18. The van der Waals surface area contributed by atoms with Gasteiger partial charge in [-0.3, -0.25) is 9.59 Å². The van der Waals surface area contributed by atoms with Crippen LogP contribution >= 0.6 is 0 Å². The maximum Gasteiger partial charge on any atom is 0.322 e. The molecule has 1 aromatic rings. The van der Waals surface area contributed by atoms with Crippen LogP contribution in [0.15, 0.2) is 23.1 Å². The van der Waals surface area contributed by atoms with Gasteiger partial charge in [-0.05, 0) is 31.0 Å². The van der Waals surface area contributed by atoms with Gasteiger partial charge in [-0.15, -0.1) is 0 Å². The molecule has 1 saturated heterocycles. The average molecular weight is 342 g/mol. The molecule has 1 aliphatic heterocycles. The lowest BCUT2D eigenvalue weighted by molar-refractivity contribution is -0.135. The van der Waals surface area contributed by atoms with Crippen LogP contribution in [-0.2, 0) is 14.8 Å². The Morgan fingerprint density at radius 3 is 2.52 bits per heavy atom. The standard InChI is InChI=1S/C14H18N2O6S/c1-22-11-5-4-10(14(19)15-9-13(17)18)8-12(11)23(20,21)16-6-2-3-7-16/h4-5,8H,2-3,6-7,9H2,1H3,(H,15,19)(H,17,18). The maximum atomic E-state index is 12.7. The first kappa shape index (κ1) is 17.2. The molecule has 2 N–H and O–H groups in total. The Morgan fingerprint density at radius 1 is 1.30 bits per heavy atom. The highest BCUT2D eigenvalue weighted by Crippen LogP contribution is 2.29.